The topological polar surface area (TPSA) is 70.5 Å². The molecule has 1 atom stereocenters. The molecule has 0 aliphatic heterocycles. The van der Waals surface area contributed by atoms with Gasteiger partial charge in [0.05, 0.1) is 14.2 Å². The maximum Gasteiger partial charge on any atom is 0.127 e. The van der Waals surface area contributed by atoms with Crippen molar-refractivity contribution in [2.45, 2.75) is 6.04 Å². The van der Waals surface area contributed by atoms with Gasteiger partial charge in [-0.25, -0.2) is 0 Å². The quantitative estimate of drug-likeness (QED) is 0.815. The van der Waals surface area contributed by atoms with Crippen molar-refractivity contribution in [1.82, 2.24) is 0 Å². The van der Waals surface area contributed by atoms with Crippen LogP contribution in [0.5, 0.6) is 11.5 Å². The summed E-state index contributed by atoms with van der Waals surface area (Å²) >= 11 is 0. The van der Waals surface area contributed by atoms with Crippen LogP contribution in [0.4, 0.5) is 0 Å². The molecule has 1 rings (SSSR count). The van der Waals surface area contributed by atoms with Crippen LogP contribution < -0.4 is 20.9 Å². The Hall–Kier alpha value is -0.970. The van der Waals surface area contributed by atoms with Crippen molar-refractivity contribution in [3.63, 3.8) is 0 Å². The highest BCUT2D eigenvalue weighted by atomic mass is 35.5. The Bertz CT molecular complexity index is 307. The Morgan fingerprint density at radius 1 is 1.27 bits per heavy atom. The van der Waals surface area contributed by atoms with E-state index in [9.17, 15) is 0 Å². The fraction of sp³-hybridized carbons (Fsp3) is 0.400. The second-order valence-electron chi connectivity index (χ2n) is 2.95. The van der Waals surface area contributed by atoms with Crippen molar-refractivity contribution in [1.29, 1.82) is 0 Å². The van der Waals surface area contributed by atoms with Crippen LogP contribution in [0.2, 0.25) is 0 Å². The lowest BCUT2D eigenvalue weighted by Gasteiger charge is -2.14. The van der Waals surface area contributed by atoms with Crippen LogP contribution in [-0.4, -0.2) is 20.8 Å². The first kappa shape index (κ1) is 14.0. The average Bonchev–Trinajstić information content (AvgIpc) is 2.27. The monoisotopic (exact) mass is 232 g/mol. The summed E-state index contributed by atoms with van der Waals surface area (Å²) < 4.78 is 10.3. The SMILES string of the molecule is COc1ccc([C@H](N)CN)c(OC)c1.Cl. The molecule has 0 radical (unpaired) electrons. The maximum absolute atomic E-state index is 5.82. The first-order valence-electron chi connectivity index (χ1n) is 4.40. The lowest BCUT2D eigenvalue weighted by Crippen LogP contribution is -2.21. The van der Waals surface area contributed by atoms with Crippen molar-refractivity contribution >= 4 is 12.4 Å². The number of hydrogen-bond acceptors (Lipinski definition) is 4. The van der Waals surface area contributed by atoms with E-state index in [1.807, 2.05) is 12.1 Å². The van der Waals surface area contributed by atoms with Gasteiger partial charge in [0.1, 0.15) is 11.5 Å². The Labute approximate surface area is 96.0 Å². The molecule has 1 aromatic rings. The van der Waals surface area contributed by atoms with Gasteiger partial charge in [0, 0.05) is 24.2 Å². The highest BCUT2D eigenvalue weighted by Gasteiger charge is 2.10. The molecule has 15 heavy (non-hydrogen) atoms. The van der Waals surface area contributed by atoms with Gasteiger partial charge in [-0.05, 0) is 6.07 Å². The number of halogens is 1. The first-order valence-corrected chi connectivity index (χ1v) is 4.40. The fourth-order valence-electron chi connectivity index (χ4n) is 1.25. The van der Waals surface area contributed by atoms with Gasteiger partial charge in [-0.15, -0.1) is 12.4 Å². The van der Waals surface area contributed by atoms with Gasteiger partial charge in [0.25, 0.3) is 0 Å². The van der Waals surface area contributed by atoms with Crippen LogP contribution in [0, 0.1) is 0 Å². The third-order valence-corrected chi connectivity index (χ3v) is 2.09. The van der Waals surface area contributed by atoms with Gasteiger partial charge in [-0.2, -0.15) is 0 Å². The third kappa shape index (κ3) is 3.27. The summed E-state index contributed by atoms with van der Waals surface area (Å²) in [7, 11) is 3.21. The second kappa shape index (κ2) is 6.50. The lowest BCUT2D eigenvalue weighted by molar-refractivity contribution is 0.388. The molecule has 86 valence electrons. The standard InChI is InChI=1S/C10H16N2O2.ClH/c1-13-7-3-4-8(9(12)6-11)10(5-7)14-2;/h3-5,9H,6,11-12H2,1-2H3;1H/t9-;/m1./s1. The van der Waals surface area contributed by atoms with Gasteiger partial charge in [0.15, 0.2) is 0 Å². The zero-order valence-corrected chi connectivity index (χ0v) is 9.71. The number of ether oxygens (including phenoxy) is 2. The molecule has 1 aromatic carbocycles. The second-order valence-corrected chi connectivity index (χ2v) is 2.95. The van der Waals surface area contributed by atoms with E-state index in [1.165, 1.54) is 0 Å². The molecule has 0 aliphatic carbocycles. The van der Waals surface area contributed by atoms with Crippen LogP contribution in [-0.2, 0) is 0 Å². The van der Waals surface area contributed by atoms with Crippen LogP contribution in [0.25, 0.3) is 0 Å². The first-order chi connectivity index (χ1) is 6.72. The molecule has 4 nitrogen and oxygen atoms in total. The Morgan fingerprint density at radius 2 is 1.93 bits per heavy atom. The molecular weight excluding hydrogens is 216 g/mol. The molecular formula is C10H17ClN2O2. The predicted molar refractivity (Wildman–Crippen MR) is 62.8 cm³/mol. The molecule has 0 heterocycles. The molecule has 0 aromatic heterocycles. The summed E-state index contributed by atoms with van der Waals surface area (Å²) in [4.78, 5) is 0. The molecule has 0 saturated heterocycles. The van der Waals surface area contributed by atoms with Crippen molar-refractivity contribution in [2.75, 3.05) is 20.8 Å². The van der Waals surface area contributed by atoms with Gasteiger partial charge in [0.2, 0.25) is 0 Å². The Morgan fingerprint density at radius 3 is 2.40 bits per heavy atom. The van der Waals surface area contributed by atoms with E-state index >= 15 is 0 Å². The number of rotatable bonds is 4. The van der Waals surface area contributed by atoms with Crippen molar-refractivity contribution in [3.05, 3.63) is 23.8 Å². The summed E-state index contributed by atoms with van der Waals surface area (Å²) in [5, 5.41) is 0. The van der Waals surface area contributed by atoms with Crippen molar-refractivity contribution < 1.29 is 9.47 Å². The molecule has 0 saturated carbocycles. The highest BCUT2D eigenvalue weighted by molar-refractivity contribution is 5.85. The largest absolute Gasteiger partial charge is 0.497 e. The molecule has 0 bridgehead atoms. The molecule has 5 heteroatoms. The van der Waals surface area contributed by atoms with Crippen LogP contribution >= 0.6 is 12.4 Å². The summed E-state index contributed by atoms with van der Waals surface area (Å²) in [6.45, 7) is 0.392. The average molecular weight is 233 g/mol. The van der Waals surface area contributed by atoms with Crippen molar-refractivity contribution in [3.8, 4) is 11.5 Å². The fourth-order valence-corrected chi connectivity index (χ4v) is 1.25. The normalized spacial score (nSPS) is 11.5. The zero-order chi connectivity index (χ0) is 10.6. The third-order valence-electron chi connectivity index (χ3n) is 2.09. The maximum atomic E-state index is 5.82. The van der Waals surface area contributed by atoms with E-state index in [0.717, 1.165) is 11.3 Å². The minimum absolute atomic E-state index is 0. The zero-order valence-electron chi connectivity index (χ0n) is 8.90. The number of benzene rings is 1. The summed E-state index contributed by atoms with van der Waals surface area (Å²) in [6.07, 6.45) is 0. The molecule has 0 aliphatic rings. The minimum atomic E-state index is -0.198. The number of methoxy groups -OCH3 is 2. The molecule has 0 amide bonds. The molecule has 0 unspecified atom stereocenters. The van der Waals surface area contributed by atoms with E-state index in [1.54, 1.807) is 20.3 Å². The smallest absolute Gasteiger partial charge is 0.127 e. The van der Waals surface area contributed by atoms with Crippen LogP contribution in [0.15, 0.2) is 18.2 Å². The van der Waals surface area contributed by atoms with Gasteiger partial charge >= 0.3 is 0 Å². The predicted octanol–water partition coefficient (Wildman–Crippen LogP) is 1.08. The van der Waals surface area contributed by atoms with Gasteiger partial charge < -0.3 is 20.9 Å². The highest BCUT2D eigenvalue weighted by Crippen LogP contribution is 2.27. The minimum Gasteiger partial charge on any atom is -0.497 e. The van der Waals surface area contributed by atoms with E-state index in [2.05, 4.69) is 0 Å². The summed E-state index contributed by atoms with van der Waals surface area (Å²) in [5.41, 5.74) is 12.2. The Kier molecular flexibility index (Phi) is 6.08. The molecule has 0 fully saturated rings. The summed E-state index contributed by atoms with van der Waals surface area (Å²) in [5.74, 6) is 1.46. The van der Waals surface area contributed by atoms with E-state index < -0.39 is 0 Å². The van der Waals surface area contributed by atoms with E-state index in [4.69, 9.17) is 20.9 Å². The van der Waals surface area contributed by atoms with Crippen LogP contribution in [0.1, 0.15) is 11.6 Å². The van der Waals surface area contributed by atoms with Gasteiger partial charge in [-0.1, -0.05) is 6.07 Å². The van der Waals surface area contributed by atoms with Crippen LogP contribution in [0.3, 0.4) is 0 Å². The summed E-state index contributed by atoms with van der Waals surface area (Å²) in [6, 6.07) is 5.31. The van der Waals surface area contributed by atoms with E-state index in [-0.39, 0.29) is 18.4 Å². The van der Waals surface area contributed by atoms with Crippen molar-refractivity contribution in [2.24, 2.45) is 11.5 Å². The van der Waals surface area contributed by atoms with E-state index in [0.29, 0.717) is 12.3 Å². The van der Waals surface area contributed by atoms with Gasteiger partial charge in [-0.3, -0.25) is 0 Å². The number of nitrogens with two attached hydrogens (primary N) is 2. The number of hydrogen-bond donors (Lipinski definition) is 2. The Balaban J connectivity index is 0.00000196. The lowest BCUT2D eigenvalue weighted by atomic mass is 10.1. The molecule has 0 spiro atoms. The molecule has 4 N–H and O–H groups in total.